The number of aliphatic hydroxyl groups excluding tert-OH is 1. The second-order valence-corrected chi connectivity index (χ2v) is 6.04. The number of hydrogen-bond donors (Lipinski definition) is 4. The lowest BCUT2D eigenvalue weighted by Gasteiger charge is -2.19. The first kappa shape index (κ1) is 17.0. The molecule has 2 amide bonds. The second kappa shape index (κ2) is 8.35. The maximum atomic E-state index is 12.3. The highest BCUT2D eigenvalue weighted by molar-refractivity contribution is 5.80. The average Bonchev–Trinajstić information content (AvgIpc) is 3.07. The minimum absolute atomic E-state index is 0.113. The van der Waals surface area contributed by atoms with Crippen LogP contribution in [0.5, 0.6) is 0 Å². The first-order valence-corrected chi connectivity index (χ1v) is 8.53. The number of hydrogen-bond acceptors (Lipinski definition) is 2. The fourth-order valence-corrected chi connectivity index (χ4v) is 2.92. The van der Waals surface area contributed by atoms with Crippen molar-refractivity contribution in [1.29, 1.82) is 0 Å². The molecule has 3 aromatic rings. The number of carbonyl (C=O) groups is 1. The van der Waals surface area contributed by atoms with Crippen molar-refractivity contribution in [2.45, 2.75) is 25.4 Å². The van der Waals surface area contributed by atoms with Crippen LogP contribution in [0.1, 0.15) is 30.1 Å². The number of carbonyl (C=O) groups excluding carboxylic acids is 1. The lowest BCUT2D eigenvalue weighted by molar-refractivity contribution is 0.232. The smallest absolute Gasteiger partial charge is 0.315 e. The molecule has 1 aromatic heterocycles. The van der Waals surface area contributed by atoms with Crippen LogP contribution in [0.3, 0.4) is 0 Å². The monoisotopic (exact) mass is 337 g/mol. The molecule has 1 heterocycles. The Hall–Kier alpha value is -2.79. The number of aliphatic hydroxyl groups is 1. The molecule has 5 heteroatoms. The van der Waals surface area contributed by atoms with Gasteiger partial charge in [-0.1, -0.05) is 48.5 Å². The predicted octanol–water partition coefficient (Wildman–Crippen LogP) is 3.48. The molecule has 0 aliphatic carbocycles. The normalized spacial score (nSPS) is 12.0. The highest BCUT2D eigenvalue weighted by Gasteiger charge is 2.14. The maximum Gasteiger partial charge on any atom is 0.315 e. The quantitative estimate of drug-likeness (QED) is 0.533. The lowest BCUT2D eigenvalue weighted by atomic mass is 10.0. The first-order chi connectivity index (χ1) is 12.3. The van der Waals surface area contributed by atoms with Gasteiger partial charge in [-0.2, -0.15) is 0 Å². The van der Waals surface area contributed by atoms with E-state index in [-0.39, 0.29) is 18.7 Å². The third kappa shape index (κ3) is 4.61. The molecule has 0 spiro atoms. The number of rotatable bonds is 7. The van der Waals surface area contributed by atoms with Gasteiger partial charge in [-0.15, -0.1) is 0 Å². The minimum Gasteiger partial charge on any atom is -0.396 e. The molecule has 0 saturated carbocycles. The molecule has 1 unspecified atom stereocenters. The van der Waals surface area contributed by atoms with Gasteiger partial charge >= 0.3 is 6.03 Å². The molecule has 0 bridgehead atoms. The Labute approximate surface area is 147 Å². The van der Waals surface area contributed by atoms with E-state index in [9.17, 15) is 4.79 Å². The Kier molecular flexibility index (Phi) is 5.69. The van der Waals surface area contributed by atoms with Gasteiger partial charge in [0.05, 0.1) is 12.6 Å². The van der Waals surface area contributed by atoms with Gasteiger partial charge in [0.15, 0.2) is 0 Å². The number of aromatic amines is 1. The van der Waals surface area contributed by atoms with Crippen molar-refractivity contribution in [2.24, 2.45) is 0 Å². The van der Waals surface area contributed by atoms with E-state index in [0.717, 1.165) is 22.2 Å². The molecule has 4 N–H and O–H groups in total. The molecular formula is C20H23N3O2. The van der Waals surface area contributed by atoms with Crippen LogP contribution in [0.2, 0.25) is 0 Å². The van der Waals surface area contributed by atoms with Crippen molar-refractivity contribution in [1.82, 2.24) is 15.6 Å². The Bertz CT molecular complexity index is 781. The summed E-state index contributed by atoms with van der Waals surface area (Å²) in [5.74, 6) is 0. The van der Waals surface area contributed by atoms with Crippen molar-refractivity contribution < 1.29 is 9.90 Å². The zero-order valence-electron chi connectivity index (χ0n) is 14.0. The van der Waals surface area contributed by atoms with E-state index in [1.807, 2.05) is 60.7 Å². The molecule has 3 rings (SSSR count). The minimum atomic E-state index is -0.217. The Morgan fingerprint density at radius 3 is 2.60 bits per heavy atom. The van der Waals surface area contributed by atoms with Crippen molar-refractivity contribution in [3.05, 3.63) is 71.9 Å². The van der Waals surface area contributed by atoms with Gasteiger partial charge in [-0.05, 0) is 35.9 Å². The van der Waals surface area contributed by atoms with Crippen molar-refractivity contribution in [2.75, 3.05) is 6.61 Å². The zero-order chi connectivity index (χ0) is 17.5. The summed E-state index contributed by atoms with van der Waals surface area (Å²) < 4.78 is 0. The summed E-state index contributed by atoms with van der Waals surface area (Å²) in [6.07, 6.45) is 1.34. The van der Waals surface area contributed by atoms with E-state index in [1.54, 1.807) is 0 Å². The fourth-order valence-electron chi connectivity index (χ4n) is 2.92. The summed E-state index contributed by atoms with van der Waals surface area (Å²) >= 11 is 0. The summed E-state index contributed by atoms with van der Waals surface area (Å²) in [6, 6.07) is 19.5. The molecule has 0 radical (unpaired) electrons. The molecule has 130 valence electrons. The summed E-state index contributed by atoms with van der Waals surface area (Å²) in [7, 11) is 0. The van der Waals surface area contributed by atoms with E-state index < -0.39 is 0 Å². The van der Waals surface area contributed by atoms with Crippen molar-refractivity contribution in [3.8, 4) is 0 Å². The Morgan fingerprint density at radius 1 is 1.08 bits per heavy atom. The van der Waals surface area contributed by atoms with Crippen molar-refractivity contribution >= 4 is 16.9 Å². The number of H-pyrrole nitrogens is 1. The van der Waals surface area contributed by atoms with Crippen LogP contribution in [-0.2, 0) is 6.54 Å². The van der Waals surface area contributed by atoms with Crippen LogP contribution in [-0.4, -0.2) is 22.7 Å². The van der Waals surface area contributed by atoms with Crippen LogP contribution >= 0.6 is 0 Å². The SMILES string of the molecule is O=C(NCc1cc2ccccc2[nH]1)NC(CCCO)c1ccccc1. The highest BCUT2D eigenvalue weighted by Crippen LogP contribution is 2.18. The van der Waals surface area contributed by atoms with Gasteiger partial charge in [-0.25, -0.2) is 4.79 Å². The molecule has 0 fully saturated rings. The third-order valence-electron chi connectivity index (χ3n) is 4.18. The second-order valence-electron chi connectivity index (χ2n) is 6.04. The average molecular weight is 337 g/mol. The Balaban J connectivity index is 1.59. The number of benzene rings is 2. The number of fused-ring (bicyclic) bond motifs is 1. The molecule has 0 aliphatic rings. The van der Waals surface area contributed by atoms with E-state index in [2.05, 4.69) is 15.6 Å². The van der Waals surface area contributed by atoms with Crippen LogP contribution in [0, 0.1) is 0 Å². The maximum absolute atomic E-state index is 12.3. The largest absolute Gasteiger partial charge is 0.396 e. The summed E-state index contributed by atoms with van der Waals surface area (Å²) in [5.41, 5.74) is 3.06. The number of para-hydroxylation sites is 1. The fraction of sp³-hybridized carbons (Fsp3) is 0.250. The van der Waals surface area contributed by atoms with Gasteiger partial charge in [0.1, 0.15) is 0 Å². The molecular weight excluding hydrogens is 314 g/mol. The van der Waals surface area contributed by atoms with Gasteiger partial charge in [-0.3, -0.25) is 0 Å². The van der Waals surface area contributed by atoms with Crippen LogP contribution < -0.4 is 10.6 Å². The van der Waals surface area contributed by atoms with Gasteiger partial charge < -0.3 is 20.7 Å². The predicted molar refractivity (Wildman–Crippen MR) is 99.2 cm³/mol. The van der Waals surface area contributed by atoms with E-state index in [0.29, 0.717) is 19.4 Å². The number of nitrogens with one attached hydrogen (secondary N) is 3. The van der Waals surface area contributed by atoms with Gasteiger partial charge in [0, 0.05) is 17.8 Å². The number of urea groups is 1. The Morgan fingerprint density at radius 2 is 1.84 bits per heavy atom. The molecule has 25 heavy (non-hydrogen) atoms. The zero-order valence-corrected chi connectivity index (χ0v) is 14.0. The van der Waals surface area contributed by atoms with E-state index >= 15 is 0 Å². The third-order valence-corrected chi connectivity index (χ3v) is 4.18. The van der Waals surface area contributed by atoms with Crippen LogP contribution in [0.15, 0.2) is 60.7 Å². The van der Waals surface area contributed by atoms with E-state index in [4.69, 9.17) is 5.11 Å². The van der Waals surface area contributed by atoms with Crippen LogP contribution in [0.25, 0.3) is 10.9 Å². The van der Waals surface area contributed by atoms with Crippen LogP contribution in [0.4, 0.5) is 4.79 Å². The van der Waals surface area contributed by atoms with Crippen molar-refractivity contribution in [3.63, 3.8) is 0 Å². The summed E-state index contributed by atoms with van der Waals surface area (Å²) in [4.78, 5) is 15.6. The molecule has 0 saturated heterocycles. The summed E-state index contributed by atoms with van der Waals surface area (Å²) in [5, 5.41) is 16.1. The summed E-state index contributed by atoms with van der Waals surface area (Å²) in [6.45, 7) is 0.545. The molecule has 5 nitrogen and oxygen atoms in total. The standard InChI is InChI=1S/C20H23N3O2/c24-12-6-11-18(15-7-2-1-3-8-15)23-20(25)21-14-17-13-16-9-4-5-10-19(16)22-17/h1-5,7-10,13,18,22,24H,6,11-12,14H2,(H2,21,23,25). The number of aromatic nitrogens is 1. The first-order valence-electron chi connectivity index (χ1n) is 8.53. The highest BCUT2D eigenvalue weighted by atomic mass is 16.3. The van der Waals surface area contributed by atoms with Gasteiger partial charge in [0.2, 0.25) is 0 Å². The molecule has 1 atom stereocenters. The number of amides is 2. The van der Waals surface area contributed by atoms with E-state index in [1.165, 1.54) is 0 Å². The molecule has 0 aliphatic heterocycles. The van der Waals surface area contributed by atoms with Gasteiger partial charge in [0.25, 0.3) is 0 Å². The molecule has 2 aromatic carbocycles. The topological polar surface area (TPSA) is 77.2 Å². The lowest BCUT2D eigenvalue weighted by Crippen LogP contribution is -2.37.